The summed E-state index contributed by atoms with van der Waals surface area (Å²) in [6.07, 6.45) is 2.43. The first-order chi connectivity index (χ1) is 10.2. The summed E-state index contributed by atoms with van der Waals surface area (Å²) in [5.74, 6) is 0.754. The van der Waals surface area contributed by atoms with E-state index in [9.17, 15) is 4.39 Å². The first-order valence-electron chi connectivity index (χ1n) is 6.68. The van der Waals surface area contributed by atoms with Gasteiger partial charge in [-0.25, -0.2) is 9.37 Å². The average molecular weight is 307 g/mol. The number of anilines is 2. The number of aromatic nitrogens is 2. The highest BCUT2D eigenvalue weighted by Crippen LogP contribution is 2.42. The predicted molar refractivity (Wildman–Crippen MR) is 77.3 cm³/mol. The molecule has 0 fully saturated rings. The summed E-state index contributed by atoms with van der Waals surface area (Å²) < 4.78 is 19.4. The zero-order chi connectivity index (χ0) is 14.4. The quantitative estimate of drug-likeness (QED) is 0.821. The Morgan fingerprint density at radius 1 is 1.43 bits per heavy atom. The molecule has 1 aromatic heterocycles. The Morgan fingerprint density at radius 3 is 3.24 bits per heavy atom. The highest BCUT2D eigenvalue weighted by molar-refractivity contribution is 6.28. The first-order valence-corrected chi connectivity index (χ1v) is 7.06. The molecule has 2 aromatic rings. The van der Waals surface area contributed by atoms with Gasteiger partial charge in [0.2, 0.25) is 5.28 Å². The zero-order valence-corrected chi connectivity index (χ0v) is 11.8. The predicted octanol–water partition coefficient (Wildman–Crippen LogP) is 2.98. The third kappa shape index (κ3) is 1.98. The maximum atomic E-state index is 13.9. The lowest BCUT2D eigenvalue weighted by molar-refractivity contribution is 0.252. The molecule has 0 unspecified atom stereocenters. The molecule has 1 N–H and O–H groups in total. The molecule has 4 rings (SSSR count). The van der Waals surface area contributed by atoms with Gasteiger partial charge in [0.05, 0.1) is 31.2 Å². The van der Waals surface area contributed by atoms with E-state index < -0.39 is 0 Å². The van der Waals surface area contributed by atoms with Crippen LogP contribution in [0.4, 0.5) is 15.9 Å². The van der Waals surface area contributed by atoms with Crippen LogP contribution >= 0.6 is 11.6 Å². The van der Waals surface area contributed by atoms with Crippen LogP contribution < -0.4 is 15.0 Å². The lowest BCUT2D eigenvalue weighted by atomic mass is 9.99. The highest BCUT2D eigenvalue weighted by Gasteiger charge is 2.33. The molecule has 1 atom stereocenters. The number of ether oxygens (including phenoxy) is 1. The number of halogens is 2. The van der Waals surface area contributed by atoms with Crippen molar-refractivity contribution in [1.82, 2.24) is 9.97 Å². The summed E-state index contributed by atoms with van der Waals surface area (Å²) in [6, 6.07) is 5.01. The van der Waals surface area contributed by atoms with Crippen LogP contribution in [0.5, 0.6) is 5.75 Å². The maximum absolute atomic E-state index is 13.9. The molecule has 1 aromatic carbocycles. The zero-order valence-electron chi connectivity index (χ0n) is 11.0. The van der Waals surface area contributed by atoms with Crippen molar-refractivity contribution in [3.05, 3.63) is 41.1 Å². The van der Waals surface area contributed by atoms with Crippen molar-refractivity contribution in [2.24, 2.45) is 0 Å². The lowest BCUT2D eigenvalue weighted by Gasteiger charge is -2.33. The number of nitrogens with zero attached hydrogens (tertiary/aromatic N) is 3. The Hall–Kier alpha value is -2.08. The molecule has 0 spiro atoms. The van der Waals surface area contributed by atoms with Crippen LogP contribution in [0.15, 0.2) is 24.4 Å². The van der Waals surface area contributed by atoms with E-state index in [0.717, 1.165) is 23.5 Å². The van der Waals surface area contributed by atoms with Crippen molar-refractivity contribution in [3.63, 3.8) is 0 Å². The van der Waals surface area contributed by atoms with Crippen molar-refractivity contribution >= 4 is 23.1 Å². The Balaban J connectivity index is 1.78. The van der Waals surface area contributed by atoms with E-state index in [-0.39, 0.29) is 17.1 Å². The van der Waals surface area contributed by atoms with Gasteiger partial charge in [-0.2, -0.15) is 4.98 Å². The van der Waals surface area contributed by atoms with Gasteiger partial charge < -0.3 is 15.0 Å². The molecule has 3 heterocycles. The Morgan fingerprint density at radius 2 is 2.33 bits per heavy atom. The van der Waals surface area contributed by atoms with Gasteiger partial charge in [0.15, 0.2) is 17.4 Å². The van der Waals surface area contributed by atoms with Gasteiger partial charge in [-0.15, -0.1) is 0 Å². The molecule has 2 aliphatic heterocycles. The number of hydrogen-bond acceptors (Lipinski definition) is 5. The van der Waals surface area contributed by atoms with E-state index in [2.05, 4.69) is 20.2 Å². The molecule has 21 heavy (non-hydrogen) atoms. The van der Waals surface area contributed by atoms with Gasteiger partial charge in [-0.3, -0.25) is 0 Å². The average Bonchev–Trinajstić information content (AvgIpc) is 2.90. The molecule has 0 radical (unpaired) electrons. The minimum Gasteiger partial charge on any atom is -0.490 e. The third-order valence-corrected chi connectivity index (χ3v) is 4.00. The second-order valence-electron chi connectivity index (χ2n) is 4.99. The number of hydrogen-bond donors (Lipinski definition) is 1. The largest absolute Gasteiger partial charge is 0.490 e. The van der Waals surface area contributed by atoms with Crippen molar-refractivity contribution in [1.29, 1.82) is 0 Å². The summed E-state index contributed by atoms with van der Waals surface area (Å²) in [4.78, 5) is 10.3. The van der Waals surface area contributed by atoms with Gasteiger partial charge in [0, 0.05) is 12.0 Å². The number of nitrogens with one attached hydrogen (secondary N) is 1. The number of benzene rings is 1. The summed E-state index contributed by atoms with van der Waals surface area (Å²) in [5.41, 5.74) is 1.68. The lowest BCUT2D eigenvalue weighted by Crippen LogP contribution is -2.33. The van der Waals surface area contributed by atoms with Crippen LogP contribution in [0.25, 0.3) is 0 Å². The first kappa shape index (κ1) is 12.6. The number of para-hydroxylation sites is 1. The Labute approximate surface area is 125 Å². The second-order valence-corrected chi connectivity index (χ2v) is 5.33. The smallest absolute Gasteiger partial charge is 0.224 e. The topological polar surface area (TPSA) is 50.3 Å². The van der Waals surface area contributed by atoms with E-state index >= 15 is 0 Å². The van der Waals surface area contributed by atoms with E-state index in [1.165, 1.54) is 6.07 Å². The number of fused-ring (bicyclic) bond motifs is 2. The maximum Gasteiger partial charge on any atom is 0.224 e. The summed E-state index contributed by atoms with van der Waals surface area (Å²) in [5, 5.41) is 3.43. The molecule has 5 nitrogen and oxygen atoms in total. The summed E-state index contributed by atoms with van der Waals surface area (Å²) in [6.45, 7) is 1.06. The fourth-order valence-corrected chi connectivity index (χ4v) is 3.02. The molecule has 0 amide bonds. The normalized spacial score (nSPS) is 19.5. The molecule has 2 aliphatic rings. The molecular formula is C14H12ClFN4O. The van der Waals surface area contributed by atoms with E-state index in [1.54, 1.807) is 12.3 Å². The third-order valence-electron chi connectivity index (χ3n) is 3.82. The van der Waals surface area contributed by atoms with Gasteiger partial charge >= 0.3 is 0 Å². The van der Waals surface area contributed by atoms with Gasteiger partial charge in [-0.05, 0) is 17.7 Å². The summed E-state index contributed by atoms with van der Waals surface area (Å²) in [7, 11) is 0. The Kier molecular flexibility index (Phi) is 2.85. The minimum absolute atomic E-state index is 0.00386. The Bertz CT molecular complexity index is 711. The fourth-order valence-electron chi connectivity index (χ4n) is 2.89. The molecule has 108 valence electrons. The molecule has 0 saturated carbocycles. The van der Waals surface area contributed by atoms with Crippen molar-refractivity contribution < 1.29 is 9.13 Å². The van der Waals surface area contributed by atoms with E-state index in [4.69, 9.17) is 16.3 Å². The van der Waals surface area contributed by atoms with Crippen LogP contribution in [0.3, 0.4) is 0 Å². The van der Waals surface area contributed by atoms with Crippen molar-refractivity contribution in [3.8, 4) is 5.75 Å². The molecule has 7 heteroatoms. The van der Waals surface area contributed by atoms with Crippen LogP contribution in [0, 0.1) is 5.82 Å². The number of rotatable bonds is 1. The monoisotopic (exact) mass is 306 g/mol. The van der Waals surface area contributed by atoms with Gasteiger partial charge in [-0.1, -0.05) is 12.1 Å². The van der Waals surface area contributed by atoms with Crippen LogP contribution in [-0.2, 0) is 0 Å². The van der Waals surface area contributed by atoms with E-state index in [0.29, 0.717) is 19.0 Å². The molecule has 0 bridgehead atoms. The summed E-state index contributed by atoms with van der Waals surface area (Å²) >= 11 is 5.89. The fraction of sp³-hybridized carbons (Fsp3) is 0.286. The van der Waals surface area contributed by atoms with Crippen LogP contribution in [0.1, 0.15) is 18.0 Å². The molecule has 0 saturated heterocycles. The van der Waals surface area contributed by atoms with Crippen molar-refractivity contribution in [2.75, 3.05) is 23.5 Å². The standard InChI is InChI=1S/C14H12ClFN4O/c15-14-17-6-10-13(19-14)20(7-18-10)11-4-5-21-12-8(11)2-1-3-9(12)16/h1-3,6,11,18H,4-5,7H2/t11-/m1/s1. The SMILES string of the molecule is Fc1cccc2c1OCC[C@H]2N1CNc2cnc(Cl)nc21. The van der Waals surface area contributed by atoms with Crippen LogP contribution in [0.2, 0.25) is 5.28 Å². The van der Waals surface area contributed by atoms with Gasteiger partial charge in [0.1, 0.15) is 0 Å². The highest BCUT2D eigenvalue weighted by atomic mass is 35.5. The van der Waals surface area contributed by atoms with Gasteiger partial charge in [0.25, 0.3) is 0 Å². The molecular weight excluding hydrogens is 295 g/mol. The second kappa shape index (κ2) is 4.73. The van der Waals surface area contributed by atoms with E-state index in [1.807, 2.05) is 6.07 Å². The minimum atomic E-state index is -0.328. The van der Waals surface area contributed by atoms with Crippen LogP contribution in [-0.4, -0.2) is 23.2 Å². The molecule has 0 aliphatic carbocycles. The van der Waals surface area contributed by atoms with Crippen molar-refractivity contribution in [2.45, 2.75) is 12.5 Å².